The van der Waals surface area contributed by atoms with Gasteiger partial charge in [0, 0.05) is 21.3 Å². The monoisotopic (exact) mass is 332 g/mol. The molecule has 1 aromatic heterocycles. The molecule has 22 heavy (non-hydrogen) atoms. The van der Waals surface area contributed by atoms with Gasteiger partial charge in [0.1, 0.15) is 17.3 Å². The SMILES string of the molecule is Cc1nc(-c2cc(Cl)ccc2Oc2ccc(Cl)cc2)c(C)[nH]1. The minimum Gasteiger partial charge on any atom is -0.457 e. The van der Waals surface area contributed by atoms with Crippen molar-refractivity contribution in [2.45, 2.75) is 13.8 Å². The molecule has 0 aliphatic rings. The van der Waals surface area contributed by atoms with Crippen molar-refractivity contribution >= 4 is 23.2 Å². The standard InChI is InChI=1S/C17H14Cl2N2O/c1-10-17(21-11(2)20-10)15-9-13(19)5-8-16(15)22-14-6-3-12(18)4-7-14/h3-9H,1-2H3,(H,20,21). The molecule has 0 bridgehead atoms. The number of aryl methyl sites for hydroxylation is 2. The number of imidazole rings is 1. The van der Waals surface area contributed by atoms with Gasteiger partial charge in [-0.3, -0.25) is 0 Å². The van der Waals surface area contributed by atoms with Crippen molar-refractivity contribution in [3.63, 3.8) is 0 Å². The first-order valence-electron chi connectivity index (χ1n) is 6.79. The van der Waals surface area contributed by atoms with Gasteiger partial charge in [-0.1, -0.05) is 23.2 Å². The lowest BCUT2D eigenvalue weighted by molar-refractivity contribution is 0.484. The molecule has 1 N–H and O–H groups in total. The van der Waals surface area contributed by atoms with Crippen LogP contribution in [0.4, 0.5) is 0 Å². The number of aromatic amines is 1. The van der Waals surface area contributed by atoms with Gasteiger partial charge < -0.3 is 9.72 Å². The van der Waals surface area contributed by atoms with Gasteiger partial charge in [0.05, 0.1) is 5.69 Å². The van der Waals surface area contributed by atoms with Crippen molar-refractivity contribution in [1.29, 1.82) is 0 Å². The predicted molar refractivity (Wildman–Crippen MR) is 90.0 cm³/mol. The summed E-state index contributed by atoms with van der Waals surface area (Å²) >= 11 is 12.0. The van der Waals surface area contributed by atoms with Crippen LogP contribution in [-0.2, 0) is 0 Å². The Morgan fingerprint density at radius 3 is 2.27 bits per heavy atom. The fourth-order valence-corrected chi connectivity index (χ4v) is 2.58. The Morgan fingerprint density at radius 2 is 1.64 bits per heavy atom. The number of H-pyrrole nitrogens is 1. The van der Waals surface area contributed by atoms with Gasteiger partial charge in [-0.05, 0) is 56.3 Å². The topological polar surface area (TPSA) is 37.9 Å². The molecular formula is C17H14Cl2N2O. The van der Waals surface area contributed by atoms with E-state index >= 15 is 0 Å². The van der Waals surface area contributed by atoms with Crippen molar-refractivity contribution in [3.05, 3.63) is 64.0 Å². The van der Waals surface area contributed by atoms with Crippen molar-refractivity contribution < 1.29 is 4.74 Å². The molecule has 0 spiro atoms. The number of halogens is 2. The summed E-state index contributed by atoms with van der Waals surface area (Å²) in [6, 6.07) is 12.7. The lowest BCUT2D eigenvalue weighted by Crippen LogP contribution is -1.90. The molecule has 3 rings (SSSR count). The minimum atomic E-state index is 0.638. The normalized spacial score (nSPS) is 10.7. The Labute approximate surface area is 138 Å². The van der Waals surface area contributed by atoms with Crippen molar-refractivity contribution in [1.82, 2.24) is 9.97 Å². The predicted octanol–water partition coefficient (Wildman–Crippen LogP) is 5.79. The van der Waals surface area contributed by atoms with E-state index in [1.165, 1.54) is 0 Å². The molecule has 1 heterocycles. The second kappa shape index (κ2) is 6.03. The van der Waals surface area contributed by atoms with Crippen LogP contribution < -0.4 is 4.74 Å². The van der Waals surface area contributed by atoms with Crippen molar-refractivity contribution in [2.24, 2.45) is 0 Å². The van der Waals surface area contributed by atoms with E-state index in [9.17, 15) is 0 Å². The van der Waals surface area contributed by atoms with Crippen LogP contribution in [0, 0.1) is 13.8 Å². The smallest absolute Gasteiger partial charge is 0.136 e. The maximum atomic E-state index is 6.14. The first-order chi connectivity index (χ1) is 10.5. The van der Waals surface area contributed by atoms with E-state index < -0.39 is 0 Å². The van der Waals surface area contributed by atoms with Gasteiger partial charge in [0.25, 0.3) is 0 Å². The van der Waals surface area contributed by atoms with E-state index in [0.29, 0.717) is 21.5 Å². The van der Waals surface area contributed by atoms with Crippen LogP contribution in [0.2, 0.25) is 10.0 Å². The first kappa shape index (κ1) is 14.9. The van der Waals surface area contributed by atoms with Crippen LogP contribution in [0.3, 0.4) is 0 Å². The summed E-state index contributed by atoms with van der Waals surface area (Å²) in [5, 5.41) is 1.31. The molecule has 2 aromatic carbocycles. The van der Waals surface area contributed by atoms with Gasteiger partial charge in [0.15, 0.2) is 0 Å². The van der Waals surface area contributed by atoms with E-state index in [-0.39, 0.29) is 0 Å². The minimum absolute atomic E-state index is 0.638. The molecular weight excluding hydrogens is 319 g/mol. The zero-order chi connectivity index (χ0) is 15.7. The Morgan fingerprint density at radius 1 is 0.955 bits per heavy atom. The van der Waals surface area contributed by atoms with Crippen LogP contribution in [-0.4, -0.2) is 9.97 Å². The van der Waals surface area contributed by atoms with Gasteiger partial charge in [0.2, 0.25) is 0 Å². The Kier molecular flexibility index (Phi) is 4.10. The van der Waals surface area contributed by atoms with Crippen LogP contribution in [0.25, 0.3) is 11.3 Å². The van der Waals surface area contributed by atoms with Crippen LogP contribution in [0.15, 0.2) is 42.5 Å². The quantitative estimate of drug-likeness (QED) is 0.658. The number of nitrogens with zero attached hydrogens (tertiary/aromatic N) is 1. The van der Waals surface area contributed by atoms with Gasteiger partial charge in [-0.2, -0.15) is 0 Å². The third-order valence-corrected chi connectivity index (χ3v) is 3.73. The lowest BCUT2D eigenvalue weighted by atomic mass is 10.1. The molecule has 0 saturated carbocycles. The summed E-state index contributed by atoms with van der Waals surface area (Å²) in [4.78, 5) is 7.72. The van der Waals surface area contributed by atoms with Gasteiger partial charge in [-0.15, -0.1) is 0 Å². The van der Waals surface area contributed by atoms with Crippen LogP contribution in [0.1, 0.15) is 11.5 Å². The lowest BCUT2D eigenvalue weighted by Gasteiger charge is -2.11. The van der Waals surface area contributed by atoms with E-state index in [1.54, 1.807) is 18.2 Å². The molecule has 0 radical (unpaired) electrons. The molecule has 0 saturated heterocycles. The maximum Gasteiger partial charge on any atom is 0.136 e. The summed E-state index contributed by atoms with van der Waals surface area (Å²) in [6.45, 7) is 3.89. The van der Waals surface area contributed by atoms with E-state index in [0.717, 1.165) is 22.8 Å². The highest BCUT2D eigenvalue weighted by atomic mass is 35.5. The number of rotatable bonds is 3. The Balaban J connectivity index is 2.04. The summed E-state index contributed by atoms with van der Waals surface area (Å²) in [7, 11) is 0. The Hall–Kier alpha value is -1.97. The zero-order valence-corrected chi connectivity index (χ0v) is 13.7. The molecule has 0 unspecified atom stereocenters. The Bertz CT molecular complexity index is 810. The van der Waals surface area contributed by atoms with Gasteiger partial charge >= 0.3 is 0 Å². The molecule has 3 aromatic rings. The third kappa shape index (κ3) is 3.11. The first-order valence-corrected chi connectivity index (χ1v) is 7.55. The average Bonchev–Trinajstić information content (AvgIpc) is 2.82. The number of benzene rings is 2. The molecule has 0 fully saturated rings. The van der Waals surface area contributed by atoms with Crippen LogP contribution in [0.5, 0.6) is 11.5 Å². The van der Waals surface area contributed by atoms with Gasteiger partial charge in [-0.25, -0.2) is 4.98 Å². The van der Waals surface area contributed by atoms with E-state index in [4.69, 9.17) is 27.9 Å². The molecule has 0 aliphatic carbocycles. The maximum absolute atomic E-state index is 6.14. The highest BCUT2D eigenvalue weighted by molar-refractivity contribution is 6.31. The number of hydrogen-bond acceptors (Lipinski definition) is 2. The summed E-state index contributed by atoms with van der Waals surface area (Å²) in [6.07, 6.45) is 0. The van der Waals surface area contributed by atoms with Crippen molar-refractivity contribution in [3.8, 4) is 22.8 Å². The molecule has 0 aliphatic heterocycles. The average molecular weight is 333 g/mol. The summed E-state index contributed by atoms with van der Waals surface area (Å²) in [5.41, 5.74) is 2.66. The second-order valence-corrected chi connectivity index (χ2v) is 5.87. The molecule has 5 heteroatoms. The van der Waals surface area contributed by atoms with E-state index in [2.05, 4.69) is 9.97 Å². The highest BCUT2D eigenvalue weighted by Gasteiger charge is 2.14. The van der Waals surface area contributed by atoms with E-state index in [1.807, 2.05) is 38.1 Å². The fraction of sp³-hybridized carbons (Fsp3) is 0.118. The number of ether oxygens (including phenoxy) is 1. The zero-order valence-electron chi connectivity index (χ0n) is 12.2. The molecule has 3 nitrogen and oxygen atoms in total. The number of hydrogen-bond donors (Lipinski definition) is 1. The fourth-order valence-electron chi connectivity index (χ4n) is 2.28. The molecule has 0 amide bonds. The molecule has 0 atom stereocenters. The molecule has 112 valence electrons. The second-order valence-electron chi connectivity index (χ2n) is 4.99. The van der Waals surface area contributed by atoms with Crippen molar-refractivity contribution in [2.75, 3.05) is 0 Å². The number of aromatic nitrogens is 2. The highest BCUT2D eigenvalue weighted by Crippen LogP contribution is 2.36. The summed E-state index contributed by atoms with van der Waals surface area (Å²) in [5.74, 6) is 2.25. The van der Waals surface area contributed by atoms with Crippen LogP contribution >= 0.6 is 23.2 Å². The summed E-state index contributed by atoms with van der Waals surface area (Å²) < 4.78 is 5.97. The third-order valence-electron chi connectivity index (χ3n) is 3.24. The number of nitrogens with one attached hydrogen (secondary N) is 1. The largest absolute Gasteiger partial charge is 0.457 e.